The Labute approximate surface area is 229 Å². The third-order valence-electron chi connectivity index (χ3n) is 7.28. The van der Waals surface area contributed by atoms with E-state index in [0.29, 0.717) is 42.8 Å². The van der Waals surface area contributed by atoms with Crippen LogP contribution in [0.1, 0.15) is 74.0 Å². The van der Waals surface area contributed by atoms with E-state index in [2.05, 4.69) is 36.3 Å². The molecule has 0 bridgehead atoms. The molecule has 4 rings (SSSR count). The maximum absolute atomic E-state index is 15.6. The fourth-order valence-corrected chi connectivity index (χ4v) is 5.58. The average Bonchev–Trinajstić information content (AvgIpc) is 3.21. The molecule has 9 heteroatoms. The molecule has 2 aromatic carbocycles. The molecule has 0 saturated carbocycles. The minimum atomic E-state index is -0.677. The van der Waals surface area contributed by atoms with Crippen molar-refractivity contribution < 1.29 is 23.5 Å². The highest BCUT2D eigenvalue weighted by atomic mass is 19.1. The summed E-state index contributed by atoms with van der Waals surface area (Å²) in [7, 11) is 0. The average molecular weight is 539 g/mol. The molecule has 1 saturated heterocycles. The van der Waals surface area contributed by atoms with Gasteiger partial charge in [-0.05, 0) is 52.3 Å². The molecule has 0 spiro atoms. The van der Waals surface area contributed by atoms with Crippen LogP contribution in [0.25, 0.3) is 0 Å². The molecule has 8 nitrogen and oxygen atoms in total. The maximum Gasteiger partial charge on any atom is 0.255 e. The minimum absolute atomic E-state index is 0.204. The van der Waals surface area contributed by atoms with Gasteiger partial charge in [0.15, 0.2) is 0 Å². The van der Waals surface area contributed by atoms with E-state index in [1.807, 2.05) is 25.1 Å². The van der Waals surface area contributed by atoms with Crippen LogP contribution >= 0.6 is 0 Å². The number of hydrogen-bond acceptors (Lipinski definition) is 6. The van der Waals surface area contributed by atoms with Crippen molar-refractivity contribution >= 4 is 23.4 Å². The van der Waals surface area contributed by atoms with Crippen LogP contribution in [-0.2, 0) is 34.0 Å². The van der Waals surface area contributed by atoms with Gasteiger partial charge in [0, 0.05) is 67.1 Å². The van der Waals surface area contributed by atoms with Crippen LogP contribution in [0, 0.1) is 5.82 Å². The number of nitrogens with zero attached hydrogens (tertiary/aromatic N) is 2. The van der Waals surface area contributed by atoms with Crippen molar-refractivity contribution in [3.63, 3.8) is 0 Å². The number of anilines is 1. The first kappa shape index (κ1) is 28.7. The lowest BCUT2D eigenvalue weighted by atomic mass is 10.0. The van der Waals surface area contributed by atoms with Gasteiger partial charge >= 0.3 is 0 Å². The van der Waals surface area contributed by atoms with Crippen molar-refractivity contribution in [1.29, 1.82) is 0 Å². The number of amides is 3. The summed E-state index contributed by atoms with van der Waals surface area (Å²) in [5.41, 5.74) is 2.87. The molecule has 2 heterocycles. The summed E-state index contributed by atoms with van der Waals surface area (Å²) in [5, 5.41) is 5.64. The Morgan fingerprint density at radius 2 is 1.87 bits per heavy atom. The molecular weight excluding hydrogens is 499 g/mol. The molecular formula is C30H39FN4O4. The van der Waals surface area contributed by atoms with Gasteiger partial charge in [-0.3, -0.25) is 24.6 Å². The zero-order chi connectivity index (χ0) is 28.2. The number of rotatable bonds is 12. The number of nitrogens with one attached hydrogen (secondary N) is 2. The predicted molar refractivity (Wildman–Crippen MR) is 147 cm³/mol. The lowest BCUT2D eigenvalue weighted by molar-refractivity contribution is -0.136. The molecule has 0 aliphatic carbocycles. The van der Waals surface area contributed by atoms with E-state index >= 15 is 4.39 Å². The second-order valence-electron chi connectivity index (χ2n) is 10.9. The normalized spacial score (nSPS) is 17.5. The summed E-state index contributed by atoms with van der Waals surface area (Å²) >= 11 is 0. The summed E-state index contributed by atoms with van der Waals surface area (Å²) < 4.78 is 21.5. The first-order valence-electron chi connectivity index (χ1n) is 13.8. The molecule has 1 fully saturated rings. The van der Waals surface area contributed by atoms with Crippen molar-refractivity contribution in [2.75, 3.05) is 25.0 Å². The number of hydrogen-bond donors (Lipinski definition) is 2. The van der Waals surface area contributed by atoms with Crippen molar-refractivity contribution in [3.05, 3.63) is 64.5 Å². The zero-order valence-corrected chi connectivity index (χ0v) is 23.3. The standard InChI is InChI=1S/C30H39FN4O4/c1-5-15-34(19-30(3,4)39-6-2)17-21-10-7-9-20(27(21)31)16-32-24-12-8-11-22-23(24)18-35(29(22)38)25-13-14-26(36)33-28(25)37/h7-12,25,32H,5-6,13-19H2,1-4H3,(H,33,36,37)/t25-/m0/s1. The van der Waals surface area contributed by atoms with Crippen LogP contribution in [0.15, 0.2) is 36.4 Å². The van der Waals surface area contributed by atoms with Crippen LogP contribution in [0.3, 0.4) is 0 Å². The lowest BCUT2D eigenvalue weighted by Crippen LogP contribution is -2.52. The van der Waals surface area contributed by atoms with Crippen LogP contribution in [0.5, 0.6) is 0 Å². The highest BCUT2D eigenvalue weighted by molar-refractivity contribution is 6.06. The van der Waals surface area contributed by atoms with Crippen LogP contribution < -0.4 is 10.6 Å². The van der Waals surface area contributed by atoms with Crippen molar-refractivity contribution in [3.8, 4) is 0 Å². The zero-order valence-electron chi connectivity index (χ0n) is 23.3. The highest BCUT2D eigenvalue weighted by Gasteiger charge is 2.39. The number of carbonyl (C=O) groups excluding carboxylic acids is 3. The Balaban J connectivity index is 1.47. The Bertz CT molecular complexity index is 1230. The Morgan fingerprint density at radius 1 is 1.13 bits per heavy atom. The third kappa shape index (κ3) is 6.65. The van der Waals surface area contributed by atoms with Gasteiger partial charge in [-0.25, -0.2) is 4.39 Å². The number of halogens is 1. The monoisotopic (exact) mass is 538 g/mol. The molecule has 39 heavy (non-hydrogen) atoms. The Hall–Kier alpha value is -3.30. The second-order valence-corrected chi connectivity index (χ2v) is 10.9. The van der Waals surface area contributed by atoms with Gasteiger partial charge in [0.05, 0.1) is 5.60 Å². The lowest BCUT2D eigenvalue weighted by Gasteiger charge is -2.32. The number of carbonyl (C=O) groups is 3. The van der Waals surface area contributed by atoms with Gasteiger partial charge in [0.25, 0.3) is 5.91 Å². The number of benzene rings is 2. The van der Waals surface area contributed by atoms with Gasteiger partial charge in [-0.2, -0.15) is 0 Å². The van der Waals surface area contributed by atoms with Gasteiger partial charge < -0.3 is 15.0 Å². The van der Waals surface area contributed by atoms with E-state index in [1.165, 1.54) is 4.90 Å². The van der Waals surface area contributed by atoms with E-state index in [9.17, 15) is 14.4 Å². The molecule has 0 aromatic heterocycles. The molecule has 2 N–H and O–H groups in total. The Kier molecular flexibility index (Phi) is 9.02. The number of piperidine rings is 1. The number of ether oxygens (including phenoxy) is 1. The summed E-state index contributed by atoms with van der Waals surface area (Å²) in [6.07, 6.45) is 1.47. The summed E-state index contributed by atoms with van der Waals surface area (Å²) in [6, 6.07) is 10.2. The summed E-state index contributed by atoms with van der Waals surface area (Å²) in [4.78, 5) is 40.8. The van der Waals surface area contributed by atoms with Crippen molar-refractivity contribution in [2.45, 2.75) is 78.2 Å². The van der Waals surface area contributed by atoms with Gasteiger partial charge in [0.1, 0.15) is 11.9 Å². The van der Waals surface area contributed by atoms with Gasteiger partial charge in [0.2, 0.25) is 11.8 Å². The quantitative estimate of drug-likeness (QED) is 0.393. The highest BCUT2D eigenvalue weighted by Crippen LogP contribution is 2.32. The topological polar surface area (TPSA) is 91.0 Å². The molecule has 210 valence electrons. The first-order valence-corrected chi connectivity index (χ1v) is 13.8. The van der Waals surface area contributed by atoms with E-state index in [4.69, 9.17) is 4.74 Å². The molecule has 2 aliphatic heterocycles. The Morgan fingerprint density at radius 3 is 2.59 bits per heavy atom. The predicted octanol–water partition coefficient (Wildman–Crippen LogP) is 4.23. The van der Waals surface area contributed by atoms with E-state index in [0.717, 1.165) is 24.2 Å². The summed E-state index contributed by atoms with van der Waals surface area (Å²) in [6.45, 7) is 11.4. The first-order chi connectivity index (χ1) is 18.6. The maximum atomic E-state index is 15.6. The van der Waals surface area contributed by atoms with E-state index in [1.54, 1.807) is 18.2 Å². The smallest absolute Gasteiger partial charge is 0.255 e. The number of fused-ring (bicyclic) bond motifs is 1. The summed E-state index contributed by atoms with van der Waals surface area (Å²) in [5.74, 6) is -1.23. The fraction of sp³-hybridized carbons (Fsp3) is 0.500. The van der Waals surface area contributed by atoms with Crippen molar-refractivity contribution in [2.24, 2.45) is 0 Å². The largest absolute Gasteiger partial charge is 0.381 e. The van der Waals surface area contributed by atoms with Crippen LogP contribution in [0.4, 0.5) is 10.1 Å². The molecule has 2 aliphatic rings. The number of imide groups is 1. The second kappa shape index (κ2) is 12.3. The SMILES string of the molecule is CCCN(Cc1cccc(CNc2cccc3c2CN([C@H]2CCC(=O)NC2=O)C3=O)c1F)CC(C)(C)OCC. The molecule has 0 radical (unpaired) electrons. The van der Waals surface area contributed by atoms with Crippen LogP contribution in [-0.4, -0.2) is 58.9 Å². The molecule has 2 aromatic rings. The van der Waals surface area contributed by atoms with Crippen molar-refractivity contribution in [1.82, 2.24) is 15.1 Å². The minimum Gasteiger partial charge on any atom is -0.381 e. The van der Waals surface area contributed by atoms with Crippen LogP contribution in [0.2, 0.25) is 0 Å². The van der Waals surface area contributed by atoms with E-state index < -0.39 is 11.9 Å². The third-order valence-corrected chi connectivity index (χ3v) is 7.28. The molecule has 1 atom stereocenters. The fourth-order valence-electron chi connectivity index (χ4n) is 5.58. The van der Waals surface area contributed by atoms with Gasteiger partial charge in [-0.1, -0.05) is 31.2 Å². The van der Waals surface area contributed by atoms with Gasteiger partial charge in [-0.15, -0.1) is 0 Å². The molecule has 3 amide bonds. The molecule has 0 unspecified atom stereocenters. The van der Waals surface area contributed by atoms with E-state index in [-0.39, 0.29) is 42.7 Å².